The van der Waals surface area contributed by atoms with Gasteiger partial charge in [0.05, 0.1) is 25.0 Å². The number of carboxylic acids is 1. The van der Waals surface area contributed by atoms with Gasteiger partial charge in [-0.1, -0.05) is 0 Å². The van der Waals surface area contributed by atoms with Gasteiger partial charge in [-0.15, -0.1) is 0 Å². The van der Waals surface area contributed by atoms with Gasteiger partial charge >= 0.3 is 5.97 Å². The van der Waals surface area contributed by atoms with Gasteiger partial charge in [-0.05, 0) is 38.1 Å². The van der Waals surface area contributed by atoms with Gasteiger partial charge in [-0.3, -0.25) is 4.79 Å². The van der Waals surface area contributed by atoms with E-state index in [1.54, 1.807) is 13.8 Å². The molecule has 9 nitrogen and oxygen atoms in total. The normalized spacial score (nSPS) is 11.3. The van der Waals surface area contributed by atoms with Crippen LogP contribution in [0.4, 0.5) is 5.69 Å². The Hall–Kier alpha value is -2.17. The second-order valence-corrected chi connectivity index (χ2v) is 7.24. The first-order chi connectivity index (χ1) is 11.7. The molecule has 0 saturated heterocycles. The van der Waals surface area contributed by atoms with Gasteiger partial charge < -0.3 is 19.9 Å². The highest BCUT2D eigenvalue weighted by molar-refractivity contribution is 7.89. The minimum absolute atomic E-state index is 0.0480. The number of carbonyl (C=O) groups excluding carboxylic acids is 1. The number of hydrogen-bond donors (Lipinski definition) is 3. The third-order valence-electron chi connectivity index (χ3n) is 2.76. The lowest BCUT2D eigenvalue weighted by Gasteiger charge is -2.10. The van der Waals surface area contributed by atoms with Gasteiger partial charge in [0.15, 0.2) is 6.61 Å². The number of sulfonamides is 1. The van der Waals surface area contributed by atoms with Crippen molar-refractivity contribution in [1.29, 1.82) is 0 Å². The molecule has 1 aromatic rings. The third-order valence-corrected chi connectivity index (χ3v) is 4.04. The van der Waals surface area contributed by atoms with E-state index in [-0.39, 0.29) is 18.5 Å². The van der Waals surface area contributed by atoms with E-state index in [1.807, 2.05) is 0 Å². The van der Waals surface area contributed by atoms with Crippen LogP contribution in [0.25, 0.3) is 0 Å². The number of hydrogen-bond acceptors (Lipinski definition) is 6. The predicted octanol–water partition coefficient (Wildman–Crippen LogP) is 0.433. The lowest BCUT2D eigenvalue weighted by molar-refractivity contribution is -0.139. The monoisotopic (exact) mass is 374 g/mol. The van der Waals surface area contributed by atoms with Crippen molar-refractivity contribution in [2.45, 2.75) is 20.0 Å². The number of benzene rings is 1. The fourth-order valence-corrected chi connectivity index (χ4v) is 2.44. The van der Waals surface area contributed by atoms with Gasteiger partial charge in [0.25, 0.3) is 0 Å². The number of ether oxygens (including phenoxy) is 2. The standard InChI is InChI=1S/C15H22N2O7S/c1-11(2)23-7-8-25(21,22)16-9-14(18)17-12-3-5-13(6-4-12)24-10-15(19)20/h3-6,11,16H,7-10H2,1-2H3,(H,17,18)(H,19,20). The molecule has 25 heavy (non-hydrogen) atoms. The molecule has 0 aliphatic carbocycles. The first-order valence-electron chi connectivity index (χ1n) is 7.51. The zero-order valence-corrected chi connectivity index (χ0v) is 14.8. The highest BCUT2D eigenvalue weighted by Gasteiger charge is 2.13. The zero-order valence-electron chi connectivity index (χ0n) is 14.0. The first kappa shape index (κ1) is 20.9. The molecule has 0 aliphatic heterocycles. The first-order valence-corrected chi connectivity index (χ1v) is 9.16. The number of aliphatic carboxylic acids is 1. The van der Waals surface area contributed by atoms with Gasteiger partial charge in [0.1, 0.15) is 5.75 Å². The maximum Gasteiger partial charge on any atom is 0.341 e. The molecule has 1 rings (SSSR count). The number of rotatable bonds is 11. The fourth-order valence-electron chi connectivity index (χ4n) is 1.63. The van der Waals surface area contributed by atoms with Crippen molar-refractivity contribution in [3.63, 3.8) is 0 Å². The van der Waals surface area contributed by atoms with E-state index < -0.39 is 35.1 Å². The Morgan fingerprint density at radius 1 is 1.20 bits per heavy atom. The van der Waals surface area contributed by atoms with Crippen LogP contribution in [-0.2, 0) is 24.3 Å². The fraction of sp³-hybridized carbons (Fsp3) is 0.467. The van der Waals surface area contributed by atoms with Crippen molar-refractivity contribution in [3.05, 3.63) is 24.3 Å². The maximum atomic E-state index is 11.8. The topological polar surface area (TPSA) is 131 Å². The molecule has 1 aromatic carbocycles. The van der Waals surface area contributed by atoms with Crippen molar-refractivity contribution in [2.24, 2.45) is 0 Å². The highest BCUT2D eigenvalue weighted by atomic mass is 32.2. The molecule has 140 valence electrons. The zero-order chi connectivity index (χ0) is 18.9. The van der Waals surface area contributed by atoms with E-state index in [9.17, 15) is 18.0 Å². The summed E-state index contributed by atoms with van der Waals surface area (Å²) in [5, 5.41) is 11.0. The lowest BCUT2D eigenvalue weighted by atomic mass is 10.3. The number of anilines is 1. The van der Waals surface area contributed by atoms with E-state index in [4.69, 9.17) is 14.6 Å². The molecule has 1 amide bonds. The molecule has 0 bridgehead atoms. The Morgan fingerprint density at radius 3 is 2.40 bits per heavy atom. The van der Waals surface area contributed by atoms with Gasteiger partial charge in [-0.2, -0.15) is 0 Å². The van der Waals surface area contributed by atoms with Crippen LogP contribution in [0.3, 0.4) is 0 Å². The van der Waals surface area contributed by atoms with Gasteiger partial charge in [-0.25, -0.2) is 17.9 Å². The summed E-state index contributed by atoms with van der Waals surface area (Å²) in [6.45, 7) is 2.78. The van der Waals surface area contributed by atoms with Gasteiger partial charge in [0.2, 0.25) is 15.9 Å². The minimum Gasteiger partial charge on any atom is -0.482 e. The number of carbonyl (C=O) groups is 2. The molecule has 0 saturated carbocycles. The molecule has 0 atom stereocenters. The number of amides is 1. The minimum atomic E-state index is -3.60. The van der Waals surface area contributed by atoms with E-state index in [0.29, 0.717) is 11.4 Å². The molecule has 0 aromatic heterocycles. The van der Waals surface area contributed by atoms with Crippen LogP contribution in [0.2, 0.25) is 0 Å². The summed E-state index contributed by atoms with van der Waals surface area (Å²) in [7, 11) is -3.60. The van der Waals surface area contributed by atoms with Gasteiger partial charge in [0, 0.05) is 5.69 Å². The van der Waals surface area contributed by atoms with E-state index in [1.165, 1.54) is 24.3 Å². The Bertz CT molecular complexity index is 672. The molecule has 0 fully saturated rings. The quantitative estimate of drug-likeness (QED) is 0.512. The van der Waals surface area contributed by atoms with Crippen LogP contribution in [-0.4, -0.2) is 57.0 Å². The van der Waals surface area contributed by atoms with Crippen molar-refractivity contribution < 1.29 is 32.6 Å². The molecule has 0 spiro atoms. The number of nitrogens with one attached hydrogen (secondary N) is 2. The molecule has 0 heterocycles. The molecular formula is C15H22N2O7S. The summed E-state index contributed by atoms with van der Waals surface area (Å²) in [6, 6.07) is 6.01. The average Bonchev–Trinajstić information content (AvgIpc) is 2.52. The maximum absolute atomic E-state index is 11.8. The van der Waals surface area contributed by atoms with E-state index in [2.05, 4.69) is 10.0 Å². The molecule has 0 aliphatic rings. The van der Waals surface area contributed by atoms with Crippen molar-refractivity contribution in [2.75, 3.05) is 30.8 Å². The average molecular weight is 374 g/mol. The number of carboxylic acid groups (broad SMARTS) is 1. The lowest BCUT2D eigenvalue weighted by Crippen LogP contribution is -2.35. The summed E-state index contributed by atoms with van der Waals surface area (Å²) in [4.78, 5) is 22.2. The molecule has 0 unspecified atom stereocenters. The largest absolute Gasteiger partial charge is 0.482 e. The predicted molar refractivity (Wildman–Crippen MR) is 91.1 cm³/mol. The third kappa shape index (κ3) is 9.65. The van der Waals surface area contributed by atoms with Crippen LogP contribution < -0.4 is 14.8 Å². The summed E-state index contributed by atoms with van der Waals surface area (Å²) < 4.78 is 35.7. The molecule has 0 radical (unpaired) electrons. The Morgan fingerprint density at radius 2 is 1.84 bits per heavy atom. The van der Waals surface area contributed by atoms with Crippen LogP contribution in [0.1, 0.15) is 13.8 Å². The Labute approximate surface area is 146 Å². The van der Waals surface area contributed by atoms with Crippen LogP contribution >= 0.6 is 0 Å². The summed E-state index contributed by atoms with van der Waals surface area (Å²) in [5.74, 6) is -1.52. The molecule has 10 heteroatoms. The molecule has 3 N–H and O–H groups in total. The summed E-state index contributed by atoms with van der Waals surface area (Å²) in [6.07, 6.45) is -0.0686. The smallest absolute Gasteiger partial charge is 0.341 e. The van der Waals surface area contributed by atoms with E-state index >= 15 is 0 Å². The van der Waals surface area contributed by atoms with E-state index in [0.717, 1.165) is 0 Å². The van der Waals surface area contributed by atoms with Crippen molar-refractivity contribution >= 4 is 27.6 Å². The highest BCUT2D eigenvalue weighted by Crippen LogP contribution is 2.15. The summed E-state index contributed by atoms with van der Waals surface area (Å²) in [5.41, 5.74) is 0.426. The van der Waals surface area contributed by atoms with Crippen LogP contribution in [0.15, 0.2) is 24.3 Å². The Balaban J connectivity index is 2.39. The Kier molecular flexibility index (Phi) is 8.32. The van der Waals surface area contributed by atoms with Crippen molar-refractivity contribution in [1.82, 2.24) is 4.72 Å². The second kappa shape index (κ2) is 9.97. The SMILES string of the molecule is CC(C)OCCS(=O)(=O)NCC(=O)Nc1ccc(OCC(=O)O)cc1. The molecular weight excluding hydrogens is 352 g/mol. The van der Waals surface area contributed by atoms with Crippen molar-refractivity contribution in [3.8, 4) is 5.75 Å². The second-order valence-electron chi connectivity index (χ2n) is 5.31. The van der Waals surface area contributed by atoms with Crippen LogP contribution in [0.5, 0.6) is 5.75 Å². The van der Waals surface area contributed by atoms with Crippen LogP contribution in [0, 0.1) is 0 Å². The summed E-state index contributed by atoms with van der Waals surface area (Å²) >= 11 is 0.